The van der Waals surface area contributed by atoms with Gasteiger partial charge in [-0.3, -0.25) is 9.59 Å². The summed E-state index contributed by atoms with van der Waals surface area (Å²) < 4.78 is 0. The van der Waals surface area contributed by atoms with Gasteiger partial charge >= 0.3 is 0 Å². The molecule has 2 N–H and O–H groups in total. The molecule has 6 fully saturated rings. The molecule has 2 aliphatic heterocycles. The molecule has 0 spiro atoms. The Bertz CT molecular complexity index is 555. The van der Waals surface area contributed by atoms with Crippen molar-refractivity contribution < 1.29 is 9.59 Å². The number of rotatable bonds is 3. The van der Waals surface area contributed by atoms with E-state index < -0.39 is 0 Å². The molecule has 2 unspecified atom stereocenters. The van der Waals surface area contributed by atoms with E-state index >= 15 is 0 Å². The smallest absolute Gasteiger partial charge is 0.243 e. The number of hydrogen-bond donors (Lipinski definition) is 2. The van der Waals surface area contributed by atoms with Gasteiger partial charge in [0.2, 0.25) is 11.8 Å². The van der Waals surface area contributed by atoms with Crippen LogP contribution in [0.1, 0.15) is 64.2 Å². The normalized spacial score (nSPS) is 42.7. The zero-order valence-corrected chi connectivity index (χ0v) is 17.1. The highest BCUT2D eigenvalue weighted by Crippen LogP contribution is 2.60. The topological polar surface area (TPSA) is 61.4 Å². The molecule has 2 amide bonds. The Kier molecular flexibility index (Phi) is 5.45. The van der Waals surface area contributed by atoms with E-state index in [9.17, 15) is 9.59 Å². The van der Waals surface area contributed by atoms with Crippen LogP contribution in [0.4, 0.5) is 0 Å². The van der Waals surface area contributed by atoms with Gasteiger partial charge < -0.3 is 15.5 Å². The summed E-state index contributed by atoms with van der Waals surface area (Å²) in [6, 6.07) is 0.00535. The first-order chi connectivity index (χ1) is 12.6. The Morgan fingerprint density at radius 3 is 2.22 bits per heavy atom. The van der Waals surface area contributed by atoms with E-state index in [1.165, 1.54) is 19.3 Å². The lowest BCUT2D eigenvalue weighted by atomic mass is 9.49. The lowest BCUT2D eigenvalue weighted by Gasteiger charge is -2.56. The molecule has 152 valence electrons. The zero-order chi connectivity index (χ0) is 17.7. The van der Waals surface area contributed by atoms with Crippen molar-refractivity contribution in [3.05, 3.63) is 0 Å². The summed E-state index contributed by atoms with van der Waals surface area (Å²) in [7, 11) is 0. The van der Waals surface area contributed by atoms with Gasteiger partial charge in [0.1, 0.15) is 6.04 Å². The predicted octanol–water partition coefficient (Wildman–Crippen LogP) is 2.48. The number of nitrogens with one attached hydrogen (secondary N) is 2. The molecule has 4 saturated carbocycles. The SMILES string of the molecule is Cl.O=C(NC1CCCNC1)C1CCCN1C(=O)C12CC3CC(CC(C3)C1)C2. The van der Waals surface area contributed by atoms with Crippen LogP contribution in [0.2, 0.25) is 0 Å². The number of carbonyl (C=O) groups is 2. The molecule has 0 aromatic carbocycles. The van der Waals surface area contributed by atoms with Gasteiger partial charge in [-0.05, 0) is 88.5 Å². The fraction of sp³-hybridized carbons (Fsp3) is 0.905. The quantitative estimate of drug-likeness (QED) is 0.771. The van der Waals surface area contributed by atoms with Gasteiger partial charge in [-0.25, -0.2) is 0 Å². The standard InChI is InChI=1S/C21H33N3O2.ClH/c25-19(23-17-3-1-5-22-13-17)18-4-2-6-24(18)20(26)21-10-14-7-15(11-21)9-16(8-14)12-21;/h14-18,22H,1-13H2,(H,23,25);1H. The maximum Gasteiger partial charge on any atom is 0.243 e. The van der Waals surface area contributed by atoms with Gasteiger partial charge in [0.05, 0.1) is 5.41 Å². The van der Waals surface area contributed by atoms with E-state index in [1.807, 2.05) is 4.90 Å². The van der Waals surface area contributed by atoms with Crippen LogP contribution >= 0.6 is 12.4 Å². The molecule has 27 heavy (non-hydrogen) atoms. The second-order valence-electron chi connectivity index (χ2n) is 9.91. The Morgan fingerprint density at radius 1 is 0.963 bits per heavy atom. The largest absolute Gasteiger partial charge is 0.350 e. The molecule has 0 aromatic rings. The Hall–Kier alpha value is -0.810. The first-order valence-corrected chi connectivity index (χ1v) is 11.0. The van der Waals surface area contributed by atoms with E-state index in [0.29, 0.717) is 5.91 Å². The second-order valence-corrected chi connectivity index (χ2v) is 9.91. The Balaban J connectivity index is 0.00000180. The maximum absolute atomic E-state index is 13.6. The fourth-order valence-corrected chi connectivity index (χ4v) is 7.23. The molecule has 6 rings (SSSR count). The van der Waals surface area contributed by atoms with Crippen LogP contribution in [0.15, 0.2) is 0 Å². The number of hydrogen-bond acceptors (Lipinski definition) is 3. The van der Waals surface area contributed by atoms with Gasteiger partial charge in [-0.1, -0.05) is 0 Å². The van der Waals surface area contributed by atoms with Gasteiger partial charge in [0.25, 0.3) is 0 Å². The first kappa shape index (κ1) is 19.5. The summed E-state index contributed by atoms with van der Waals surface area (Å²) in [6.07, 6.45) is 11.3. The summed E-state index contributed by atoms with van der Waals surface area (Å²) in [5, 5.41) is 6.58. The summed E-state index contributed by atoms with van der Waals surface area (Å²) in [4.78, 5) is 28.5. The molecule has 2 heterocycles. The molecular weight excluding hydrogens is 362 g/mol. The minimum atomic E-state index is -0.225. The van der Waals surface area contributed by atoms with Crippen molar-refractivity contribution >= 4 is 24.2 Å². The summed E-state index contributed by atoms with van der Waals surface area (Å²) in [6.45, 7) is 2.69. The molecule has 4 aliphatic carbocycles. The highest BCUT2D eigenvalue weighted by molar-refractivity contribution is 5.91. The summed E-state index contributed by atoms with van der Waals surface area (Å²) >= 11 is 0. The maximum atomic E-state index is 13.6. The van der Waals surface area contributed by atoms with E-state index in [0.717, 1.165) is 82.3 Å². The van der Waals surface area contributed by atoms with Crippen molar-refractivity contribution in [3.63, 3.8) is 0 Å². The van der Waals surface area contributed by atoms with Crippen LogP contribution in [0.25, 0.3) is 0 Å². The van der Waals surface area contributed by atoms with E-state index in [-0.39, 0.29) is 35.8 Å². The number of likely N-dealkylation sites (tertiary alicyclic amines) is 1. The Labute approximate surface area is 168 Å². The van der Waals surface area contributed by atoms with Crippen molar-refractivity contribution in [3.8, 4) is 0 Å². The highest BCUT2D eigenvalue weighted by Gasteiger charge is 2.56. The molecule has 2 saturated heterocycles. The van der Waals surface area contributed by atoms with Gasteiger partial charge in [0, 0.05) is 19.1 Å². The average molecular weight is 396 g/mol. The first-order valence-electron chi connectivity index (χ1n) is 11.0. The summed E-state index contributed by atoms with van der Waals surface area (Å²) in [5.74, 6) is 2.74. The highest BCUT2D eigenvalue weighted by atomic mass is 35.5. The fourth-order valence-electron chi connectivity index (χ4n) is 7.23. The molecule has 2 atom stereocenters. The number of amides is 2. The minimum Gasteiger partial charge on any atom is -0.350 e. The predicted molar refractivity (Wildman–Crippen MR) is 107 cm³/mol. The minimum absolute atomic E-state index is 0. The van der Waals surface area contributed by atoms with Crippen molar-refractivity contribution in [2.45, 2.75) is 76.3 Å². The third-order valence-corrected chi connectivity index (χ3v) is 7.95. The van der Waals surface area contributed by atoms with Crippen molar-refractivity contribution in [2.24, 2.45) is 23.2 Å². The van der Waals surface area contributed by atoms with Crippen molar-refractivity contribution in [1.82, 2.24) is 15.5 Å². The monoisotopic (exact) mass is 395 g/mol. The lowest BCUT2D eigenvalue weighted by Crippen LogP contribution is -2.58. The number of carbonyl (C=O) groups excluding carboxylic acids is 2. The molecule has 6 heteroatoms. The molecular formula is C21H34ClN3O2. The molecule has 0 aromatic heterocycles. The van der Waals surface area contributed by atoms with Crippen LogP contribution in [0, 0.1) is 23.2 Å². The molecule has 4 bridgehead atoms. The second kappa shape index (κ2) is 7.55. The number of nitrogens with zero attached hydrogens (tertiary/aromatic N) is 1. The van der Waals surface area contributed by atoms with Gasteiger partial charge in [-0.2, -0.15) is 0 Å². The molecule has 5 nitrogen and oxygen atoms in total. The van der Waals surface area contributed by atoms with Crippen LogP contribution in [-0.2, 0) is 9.59 Å². The van der Waals surface area contributed by atoms with E-state index in [2.05, 4.69) is 10.6 Å². The van der Waals surface area contributed by atoms with E-state index in [4.69, 9.17) is 0 Å². The van der Waals surface area contributed by atoms with Crippen LogP contribution < -0.4 is 10.6 Å². The van der Waals surface area contributed by atoms with Crippen molar-refractivity contribution in [2.75, 3.05) is 19.6 Å². The van der Waals surface area contributed by atoms with Gasteiger partial charge in [-0.15, -0.1) is 12.4 Å². The van der Waals surface area contributed by atoms with Crippen LogP contribution in [0.5, 0.6) is 0 Å². The third kappa shape index (κ3) is 3.50. The molecule has 0 radical (unpaired) electrons. The summed E-state index contributed by atoms with van der Waals surface area (Å²) in [5.41, 5.74) is -0.121. The Morgan fingerprint density at radius 2 is 1.63 bits per heavy atom. The zero-order valence-electron chi connectivity index (χ0n) is 16.3. The lowest BCUT2D eigenvalue weighted by molar-refractivity contribution is -0.160. The average Bonchev–Trinajstić information content (AvgIpc) is 3.10. The number of piperidine rings is 1. The number of halogens is 1. The van der Waals surface area contributed by atoms with Crippen LogP contribution in [0.3, 0.4) is 0 Å². The van der Waals surface area contributed by atoms with Gasteiger partial charge in [0.15, 0.2) is 0 Å². The third-order valence-electron chi connectivity index (χ3n) is 7.95. The molecule has 6 aliphatic rings. The van der Waals surface area contributed by atoms with Crippen molar-refractivity contribution in [1.29, 1.82) is 0 Å². The van der Waals surface area contributed by atoms with Crippen LogP contribution in [-0.4, -0.2) is 48.4 Å². The van der Waals surface area contributed by atoms with E-state index in [1.54, 1.807) is 0 Å².